The lowest BCUT2D eigenvalue weighted by molar-refractivity contribution is 0.306. The normalized spacial score (nSPS) is 11.3. The third kappa shape index (κ3) is 4.25. The molecule has 0 amide bonds. The lowest BCUT2D eigenvalue weighted by Gasteiger charge is -2.08. The van der Waals surface area contributed by atoms with Crippen LogP contribution in [0.15, 0.2) is 91.0 Å². The van der Waals surface area contributed by atoms with Crippen LogP contribution >= 0.6 is 0 Å². The highest BCUT2D eigenvalue weighted by atomic mass is 16.5. The first-order valence-electron chi connectivity index (χ1n) is 11.3. The first-order valence-corrected chi connectivity index (χ1v) is 11.3. The third-order valence-corrected chi connectivity index (χ3v) is 6.04. The zero-order valence-electron chi connectivity index (χ0n) is 18.2. The number of benzene rings is 4. The molecule has 1 aromatic heterocycles. The first kappa shape index (κ1) is 20.3. The van der Waals surface area contributed by atoms with Gasteiger partial charge in [-0.1, -0.05) is 66.7 Å². The van der Waals surface area contributed by atoms with Crippen LogP contribution in [0.2, 0.25) is 0 Å². The van der Waals surface area contributed by atoms with Gasteiger partial charge in [-0.25, -0.2) is 0 Å². The number of rotatable bonds is 8. The van der Waals surface area contributed by atoms with Crippen LogP contribution < -0.4 is 10.5 Å². The second-order valence-corrected chi connectivity index (χ2v) is 8.27. The van der Waals surface area contributed by atoms with Crippen molar-refractivity contribution in [2.45, 2.75) is 25.9 Å². The molecule has 160 valence electrons. The van der Waals surface area contributed by atoms with Crippen molar-refractivity contribution in [3.05, 3.63) is 102 Å². The van der Waals surface area contributed by atoms with Crippen LogP contribution in [0.4, 0.5) is 0 Å². The van der Waals surface area contributed by atoms with E-state index in [1.807, 2.05) is 18.2 Å². The summed E-state index contributed by atoms with van der Waals surface area (Å²) in [5.41, 5.74) is 11.8. The maximum atomic E-state index is 6.12. The van der Waals surface area contributed by atoms with Crippen molar-refractivity contribution in [2.24, 2.45) is 5.73 Å². The van der Waals surface area contributed by atoms with E-state index in [2.05, 4.69) is 77.8 Å². The summed E-state index contributed by atoms with van der Waals surface area (Å²) < 4.78 is 6.12. The SMILES string of the molecule is NCCCCc1c(-c2ccc3ccccc3c2)[nH]c2ccc(OCc3ccccc3)cc12. The lowest BCUT2D eigenvalue weighted by atomic mass is 9.98. The highest BCUT2D eigenvalue weighted by molar-refractivity contribution is 5.94. The van der Waals surface area contributed by atoms with Crippen molar-refractivity contribution in [2.75, 3.05) is 6.54 Å². The van der Waals surface area contributed by atoms with E-state index in [0.717, 1.165) is 37.1 Å². The van der Waals surface area contributed by atoms with Crippen LogP contribution in [0.1, 0.15) is 24.0 Å². The monoisotopic (exact) mass is 420 g/mol. The molecule has 5 aromatic rings. The molecule has 0 spiro atoms. The number of nitrogens with one attached hydrogen (secondary N) is 1. The molecule has 4 aromatic carbocycles. The lowest BCUT2D eigenvalue weighted by Crippen LogP contribution is -1.99. The average Bonchev–Trinajstić information content (AvgIpc) is 3.21. The van der Waals surface area contributed by atoms with Gasteiger partial charge in [0.15, 0.2) is 0 Å². The van der Waals surface area contributed by atoms with Gasteiger partial charge >= 0.3 is 0 Å². The zero-order valence-corrected chi connectivity index (χ0v) is 18.2. The number of H-pyrrole nitrogens is 1. The van der Waals surface area contributed by atoms with Crippen LogP contribution in [0, 0.1) is 0 Å². The fraction of sp³-hybridized carbons (Fsp3) is 0.172. The van der Waals surface area contributed by atoms with E-state index < -0.39 is 0 Å². The summed E-state index contributed by atoms with van der Waals surface area (Å²) in [6.45, 7) is 1.29. The second kappa shape index (κ2) is 9.29. The molecule has 0 aliphatic carbocycles. The molecular weight excluding hydrogens is 392 g/mol. The van der Waals surface area contributed by atoms with Crippen LogP contribution in [-0.4, -0.2) is 11.5 Å². The minimum Gasteiger partial charge on any atom is -0.489 e. The van der Waals surface area contributed by atoms with Crippen LogP contribution in [0.3, 0.4) is 0 Å². The molecule has 0 aliphatic heterocycles. The fourth-order valence-electron chi connectivity index (χ4n) is 4.35. The van der Waals surface area contributed by atoms with E-state index >= 15 is 0 Å². The average molecular weight is 421 g/mol. The Balaban J connectivity index is 1.53. The number of aromatic amines is 1. The Labute approximate surface area is 188 Å². The van der Waals surface area contributed by atoms with Gasteiger partial charge < -0.3 is 15.5 Å². The third-order valence-electron chi connectivity index (χ3n) is 6.04. The van der Waals surface area contributed by atoms with Gasteiger partial charge in [0.25, 0.3) is 0 Å². The van der Waals surface area contributed by atoms with Gasteiger partial charge in [-0.3, -0.25) is 0 Å². The van der Waals surface area contributed by atoms with Gasteiger partial charge in [-0.2, -0.15) is 0 Å². The molecule has 3 nitrogen and oxygen atoms in total. The number of aryl methyl sites for hydroxylation is 1. The molecule has 3 heteroatoms. The Morgan fingerprint density at radius 3 is 2.41 bits per heavy atom. The number of hydrogen-bond acceptors (Lipinski definition) is 2. The number of hydrogen-bond donors (Lipinski definition) is 2. The molecular formula is C29H28N2O. The van der Waals surface area contributed by atoms with E-state index in [4.69, 9.17) is 10.5 Å². The van der Waals surface area contributed by atoms with Crippen LogP contribution in [0.5, 0.6) is 5.75 Å². The fourth-order valence-corrected chi connectivity index (χ4v) is 4.35. The highest BCUT2D eigenvalue weighted by Gasteiger charge is 2.14. The van der Waals surface area contributed by atoms with Crippen LogP contribution in [0.25, 0.3) is 32.9 Å². The number of aromatic nitrogens is 1. The van der Waals surface area contributed by atoms with E-state index in [1.165, 1.54) is 38.5 Å². The molecule has 0 bridgehead atoms. The molecule has 0 atom stereocenters. The van der Waals surface area contributed by atoms with E-state index in [9.17, 15) is 0 Å². The molecule has 3 N–H and O–H groups in total. The summed E-state index contributed by atoms with van der Waals surface area (Å²) >= 11 is 0. The minimum absolute atomic E-state index is 0.566. The van der Waals surface area contributed by atoms with Crippen molar-refractivity contribution < 1.29 is 4.74 Å². The maximum absolute atomic E-state index is 6.12. The summed E-state index contributed by atoms with van der Waals surface area (Å²) in [6.07, 6.45) is 3.08. The summed E-state index contributed by atoms with van der Waals surface area (Å²) in [5.74, 6) is 0.894. The molecule has 1 heterocycles. The number of unbranched alkanes of at least 4 members (excludes halogenated alkanes) is 1. The molecule has 5 rings (SSSR count). The van der Waals surface area contributed by atoms with Crippen molar-refractivity contribution >= 4 is 21.7 Å². The predicted molar refractivity (Wildman–Crippen MR) is 134 cm³/mol. The van der Waals surface area contributed by atoms with Crippen molar-refractivity contribution in [3.63, 3.8) is 0 Å². The minimum atomic E-state index is 0.566. The van der Waals surface area contributed by atoms with Crippen LogP contribution in [-0.2, 0) is 13.0 Å². The Morgan fingerprint density at radius 2 is 1.56 bits per heavy atom. The van der Waals surface area contributed by atoms with Gasteiger partial charge in [0.1, 0.15) is 12.4 Å². The van der Waals surface area contributed by atoms with Gasteiger partial charge in [0.05, 0.1) is 0 Å². The summed E-state index contributed by atoms with van der Waals surface area (Å²) in [6, 6.07) is 31.8. The van der Waals surface area contributed by atoms with Gasteiger partial charge in [0, 0.05) is 16.6 Å². The number of fused-ring (bicyclic) bond motifs is 2. The zero-order chi connectivity index (χ0) is 21.8. The summed E-state index contributed by atoms with van der Waals surface area (Å²) in [7, 11) is 0. The van der Waals surface area contributed by atoms with E-state index in [-0.39, 0.29) is 0 Å². The maximum Gasteiger partial charge on any atom is 0.120 e. The molecule has 0 saturated carbocycles. The largest absolute Gasteiger partial charge is 0.489 e. The summed E-state index contributed by atoms with van der Waals surface area (Å²) in [5, 5.41) is 3.74. The number of ether oxygens (including phenoxy) is 1. The Morgan fingerprint density at radius 1 is 0.750 bits per heavy atom. The predicted octanol–water partition coefficient (Wildman–Crippen LogP) is 6.85. The second-order valence-electron chi connectivity index (χ2n) is 8.27. The molecule has 0 radical (unpaired) electrons. The molecule has 0 fully saturated rings. The molecule has 0 aliphatic rings. The Bertz CT molecular complexity index is 1340. The highest BCUT2D eigenvalue weighted by Crippen LogP contribution is 2.35. The van der Waals surface area contributed by atoms with E-state index in [1.54, 1.807) is 0 Å². The molecule has 0 unspecified atom stereocenters. The van der Waals surface area contributed by atoms with E-state index in [0.29, 0.717) is 6.61 Å². The first-order chi connectivity index (χ1) is 15.8. The number of nitrogens with two attached hydrogens (primary N) is 1. The topological polar surface area (TPSA) is 51.0 Å². The standard InChI is InChI=1S/C29H28N2O/c30-17-7-6-12-26-27-19-25(32-20-21-8-2-1-3-9-21)15-16-28(27)31-29(26)24-14-13-22-10-4-5-11-23(22)18-24/h1-5,8-11,13-16,18-19,31H,6-7,12,17,20,30H2. The van der Waals surface area contributed by atoms with Gasteiger partial charge in [-0.15, -0.1) is 0 Å². The smallest absolute Gasteiger partial charge is 0.120 e. The Kier molecular flexibility index (Phi) is 5.91. The van der Waals surface area contributed by atoms with Crippen molar-refractivity contribution in [1.29, 1.82) is 0 Å². The summed E-state index contributed by atoms with van der Waals surface area (Å²) in [4.78, 5) is 3.69. The Hall–Kier alpha value is -3.56. The van der Waals surface area contributed by atoms with Gasteiger partial charge in [0.2, 0.25) is 0 Å². The van der Waals surface area contributed by atoms with Gasteiger partial charge in [-0.05, 0) is 77.5 Å². The molecule has 0 saturated heterocycles. The quantitative estimate of drug-likeness (QED) is 0.270. The molecule has 32 heavy (non-hydrogen) atoms. The van der Waals surface area contributed by atoms with Crippen molar-refractivity contribution in [3.8, 4) is 17.0 Å². The van der Waals surface area contributed by atoms with Crippen molar-refractivity contribution in [1.82, 2.24) is 4.98 Å².